The first-order valence-electron chi connectivity index (χ1n) is 6.18. The van der Waals surface area contributed by atoms with E-state index in [2.05, 4.69) is 48.7 Å². The molecule has 6 heteroatoms. The zero-order valence-corrected chi connectivity index (χ0v) is 14.5. The average Bonchev–Trinajstić information content (AvgIpc) is 2.96. The number of hydrogen-bond acceptors (Lipinski definition) is 4. The summed E-state index contributed by atoms with van der Waals surface area (Å²) in [6, 6.07) is 15.5. The van der Waals surface area contributed by atoms with Crippen LogP contribution in [0.1, 0.15) is 5.89 Å². The summed E-state index contributed by atoms with van der Waals surface area (Å²) in [5.41, 5.74) is 0.881. The van der Waals surface area contributed by atoms with Crippen molar-refractivity contribution in [2.24, 2.45) is 0 Å². The van der Waals surface area contributed by atoms with Gasteiger partial charge in [-0.1, -0.05) is 28.1 Å². The van der Waals surface area contributed by atoms with Crippen LogP contribution in [-0.4, -0.2) is 10.2 Å². The molecule has 21 heavy (non-hydrogen) atoms. The van der Waals surface area contributed by atoms with Gasteiger partial charge in [-0.05, 0) is 59.0 Å². The number of rotatable bonds is 4. The zero-order valence-electron chi connectivity index (χ0n) is 10.8. The van der Waals surface area contributed by atoms with Gasteiger partial charge >= 0.3 is 0 Å². The van der Waals surface area contributed by atoms with Crippen LogP contribution in [0.2, 0.25) is 0 Å². The van der Waals surface area contributed by atoms with E-state index in [0.29, 0.717) is 11.8 Å². The van der Waals surface area contributed by atoms with Crippen LogP contribution in [0.5, 0.6) is 5.75 Å². The molecule has 1 heterocycles. The molecule has 4 nitrogen and oxygen atoms in total. The second kappa shape index (κ2) is 6.57. The minimum absolute atomic E-state index is 0.254. The van der Waals surface area contributed by atoms with E-state index in [9.17, 15) is 0 Å². The number of benzene rings is 2. The Kier molecular flexibility index (Phi) is 4.54. The fraction of sp³-hybridized carbons (Fsp3) is 0.0667. The van der Waals surface area contributed by atoms with Gasteiger partial charge in [-0.15, -0.1) is 10.2 Å². The van der Waals surface area contributed by atoms with Crippen molar-refractivity contribution < 1.29 is 9.15 Å². The molecular weight excluding hydrogens is 447 g/mol. The molecule has 0 unspecified atom stereocenters. The molecule has 0 spiro atoms. The summed E-state index contributed by atoms with van der Waals surface area (Å²) in [4.78, 5) is 0. The highest BCUT2D eigenvalue weighted by atomic mass is 127. The van der Waals surface area contributed by atoms with Gasteiger partial charge in [0.25, 0.3) is 5.89 Å². The smallest absolute Gasteiger partial charge is 0.254 e. The van der Waals surface area contributed by atoms with Crippen LogP contribution >= 0.6 is 38.5 Å². The number of aromatic nitrogens is 2. The number of para-hydroxylation sites is 1. The molecular formula is C15H10BrIN2O2. The standard InChI is InChI=1S/C15H10BrIN2O2/c16-11-7-5-10(6-8-11)15-19-18-14(21-15)9-20-13-4-2-1-3-12(13)17/h1-8H,9H2. The van der Waals surface area contributed by atoms with Gasteiger partial charge in [-0.25, -0.2) is 0 Å². The molecule has 0 N–H and O–H groups in total. The first kappa shape index (κ1) is 14.5. The van der Waals surface area contributed by atoms with Gasteiger partial charge in [0.2, 0.25) is 5.89 Å². The fourth-order valence-electron chi connectivity index (χ4n) is 1.72. The Bertz CT molecular complexity index is 743. The Labute approximate surface area is 143 Å². The maximum atomic E-state index is 5.68. The Balaban J connectivity index is 1.71. The van der Waals surface area contributed by atoms with Crippen LogP contribution in [0.25, 0.3) is 11.5 Å². The van der Waals surface area contributed by atoms with Crippen LogP contribution in [0, 0.1) is 3.57 Å². The summed E-state index contributed by atoms with van der Waals surface area (Å²) in [6.45, 7) is 0.254. The molecule has 0 radical (unpaired) electrons. The summed E-state index contributed by atoms with van der Waals surface area (Å²) < 4.78 is 13.3. The number of hydrogen-bond donors (Lipinski definition) is 0. The van der Waals surface area contributed by atoms with Crippen LogP contribution in [0.15, 0.2) is 57.4 Å². The highest BCUT2D eigenvalue weighted by molar-refractivity contribution is 14.1. The lowest BCUT2D eigenvalue weighted by molar-refractivity contribution is 0.263. The summed E-state index contributed by atoms with van der Waals surface area (Å²) in [7, 11) is 0. The van der Waals surface area contributed by atoms with Crippen molar-refractivity contribution in [1.82, 2.24) is 10.2 Å². The molecule has 0 aliphatic rings. The van der Waals surface area contributed by atoms with E-state index < -0.39 is 0 Å². The largest absolute Gasteiger partial charge is 0.483 e. The quantitative estimate of drug-likeness (QED) is 0.534. The highest BCUT2D eigenvalue weighted by Gasteiger charge is 2.09. The van der Waals surface area contributed by atoms with Gasteiger partial charge in [0.05, 0.1) is 3.57 Å². The van der Waals surface area contributed by atoms with Crippen molar-refractivity contribution in [3.63, 3.8) is 0 Å². The third-order valence-corrected chi connectivity index (χ3v) is 4.17. The fourth-order valence-corrected chi connectivity index (χ4v) is 2.53. The molecule has 106 valence electrons. The Hall–Kier alpha value is -1.41. The van der Waals surface area contributed by atoms with Crippen molar-refractivity contribution in [3.05, 3.63) is 62.5 Å². The third kappa shape index (κ3) is 3.62. The molecule has 3 rings (SSSR count). The third-order valence-electron chi connectivity index (χ3n) is 2.75. The predicted molar refractivity (Wildman–Crippen MR) is 90.9 cm³/mol. The second-order valence-electron chi connectivity index (χ2n) is 4.23. The molecule has 0 aliphatic carbocycles. The van der Waals surface area contributed by atoms with Crippen molar-refractivity contribution >= 4 is 38.5 Å². The van der Waals surface area contributed by atoms with Crippen LogP contribution in [-0.2, 0) is 6.61 Å². The number of halogens is 2. The number of ether oxygens (including phenoxy) is 1. The average molecular weight is 457 g/mol. The molecule has 0 saturated heterocycles. The van der Waals surface area contributed by atoms with Gasteiger partial charge in [-0.2, -0.15) is 0 Å². The van der Waals surface area contributed by atoms with E-state index in [4.69, 9.17) is 9.15 Å². The van der Waals surface area contributed by atoms with Crippen LogP contribution < -0.4 is 4.74 Å². The molecule has 1 aromatic heterocycles. The van der Waals surface area contributed by atoms with Crippen molar-refractivity contribution in [3.8, 4) is 17.2 Å². The Morgan fingerprint density at radius 1 is 1.05 bits per heavy atom. The summed E-state index contributed by atoms with van der Waals surface area (Å²) in [5.74, 6) is 1.75. The molecule has 0 amide bonds. The maximum Gasteiger partial charge on any atom is 0.254 e. The first-order valence-corrected chi connectivity index (χ1v) is 8.05. The maximum absolute atomic E-state index is 5.68. The molecule has 3 aromatic rings. The summed E-state index contributed by atoms with van der Waals surface area (Å²) in [6.07, 6.45) is 0. The van der Waals surface area contributed by atoms with Crippen LogP contribution in [0.3, 0.4) is 0 Å². The van der Waals surface area contributed by atoms with E-state index in [1.807, 2.05) is 48.5 Å². The van der Waals surface area contributed by atoms with Crippen LogP contribution in [0.4, 0.5) is 0 Å². The molecule has 0 atom stereocenters. The Morgan fingerprint density at radius 2 is 1.81 bits per heavy atom. The minimum Gasteiger partial charge on any atom is -0.483 e. The normalized spacial score (nSPS) is 10.6. The first-order chi connectivity index (χ1) is 10.2. The minimum atomic E-state index is 0.254. The lowest BCUT2D eigenvalue weighted by atomic mass is 10.2. The van der Waals surface area contributed by atoms with E-state index in [-0.39, 0.29) is 6.61 Å². The Morgan fingerprint density at radius 3 is 2.57 bits per heavy atom. The zero-order chi connectivity index (χ0) is 14.7. The van der Waals surface area contributed by atoms with E-state index in [1.165, 1.54) is 0 Å². The lowest BCUT2D eigenvalue weighted by Crippen LogP contribution is -1.97. The SMILES string of the molecule is Brc1ccc(-c2nnc(COc3ccccc3I)o2)cc1. The molecule has 0 bridgehead atoms. The summed E-state index contributed by atoms with van der Waals surface area (Å²) >= 11 is 5.62. The molecule has 0 aliphatic heterocycles. The van der Waals surface area contributed by atoms with E-state index in [0.717, 1.165) is 19.4 Å². The molecule has 2 aromatic carbocycles. The molecule has 0 saturated carbocycles. The van der Waals surface area contributed by atoms with Gasteiger partial charge in [-0.3, -0.25) is 0 Å². The molecule has 0 fully saturated rings. The van der Waals surface area contributed by atoms with Gasteiger partial charge in [0.1, 0.15) is 5.75 Å². The number of nitrogens with zero attached hydrogens (tertiary/aromatic N) is 2. The summed E-state index contributed by atoms with van der Waals surface area (Å²) in [5, 5.41) is 8.04. The predicted octanol–water partition coefficient (Wildman–Crippen LogP) is 4.68. The second-order valence-corrected chi connectivity index (χ2v) is 6.30. The van der Waals surface area contributed by atoms with Crippen molar-refractivity contribution in [2.45, 2.75) is 6.61 Å². The highest BCUT2D eigenvalue weighted by Crippen LogP contribution is 2.23. The van der Waals surface area contributed by atoms with Gasteiger partial charge < -0.3 is 9.15 Å². The van der Waals surface area contributed by atoms with Gasteiger partial charge in [0, 0.05) is 10.0 Å². The van der Waals surface area contributed by atoms with E-state index >= 15 is 0 Å². The van der Waals surface area contributed by atoms with Crippen molar-refractivity contribution in [2.75, 3.05) is 0 Å². The van der Waals surface area contributed by atoms with Crippen molar-refractivity contribution in [1.29, 1.82) is 0 Å². The van der Waals surface area contributed by atoms with Gasteiger partial charge in [0.15, 0.2) is 6.61 Å². The lowest BCUT2D eigenvalue weighted by Gasteiger charge is -2.04. The monoisotopic (exact) mass is 456 g/mol. The topological polar surface area (TPSA) is 48.2 Å². The van der Waals surface area contributed by atoms with E-state index in [1.54, 1.807) is 0 Å².